The van der Waals surface area contributed by atoms with Crippen LogP contribution in [-0.4, -0.2) is 44.5 Å². The summed E-state index contributed by atoms with van der Waals surface area (Å²) in [6, 6.07) is 6.90. The third-order valence-corrected chi connectivity index (χ3v) is 3.72. The summed E-state index contributed by atoms with van der Waals surface area (Å²) in [6.45, 7) is 5.05. The Kier molecular flexibility index (Phi) is 5.05. The number of aliphatic hydroxyl groups is 1. The second-order valence-electron chi connectivity index (χ2n) is 5.11. The molecule has 1 fully saturated rings. The number of hydrogen-bond donors (Lipinski definition) is 2. The standard InChI is InChI=1S/C15H24N2O2/c1-12-3-4-14(15(11-12)19-2)17-8-5-13(6-9-17)16-7-10-18/h3-4,11,13,16,18H,5-10H2,1-2H3. The van der Waals surface area contributed by atoms with Crippen LogP contribution >= 0.6 is 0 Å². The molecule has 0 saturated carbocycles. The van der Waals surface area contributed by atoms with E-state index in [9.17, 15) is 0 Å². The van der Waals surface area contributed by atoms with Crippen molar-refractivity contribution < 1.29 is 9.84 Å². The third-order valence-electron chi connectivity index (χ3n) is 3.72. The highest BCUT2D eigenvalue weighted by Gasteiger charge is 2.20. The normalized spacial score (nSPS) is 16.7. The van der Waals surface area contributed by atoms with Crippen molar-refractivity contribution in [1.29, 1.82) is 0 Å². The lowest BCUT2D eigenvalue weighted by Gasteiger charge is -2.34. The fourth-order valence-electron chi connectivity index (χ4n) is 2.64. The van der Waals surface area contributed by atoms with Crippen LogP contribution in [0.2, 0.25) is 0 Å². The molecule has 106 valence electrons. The van der Waals surface area contributed by atoms with Gasteiger partial charge in [-0.15, -0.1) is 0 Å². The molecule has 0 unspecified atom stereocenters. The van der Waals surface area contributed by atoms with E-state index in [1.54, 1.807) is 7.11 Å². The molecule has 4 nitrogen and oxygen atoms in total. The molecule has 2 rings (SSSR count). The van der Waals surface area contributed by atoms with Crippen LogP contribution in [0.15, 0.2) is 18.2 Å². The zero-order valence-electron chi connectivity index (χ0n) is 11.9. The first-order chi connectivity index (χ1) is 9.24. The molecule has 1 saturated heterocycles. The number of aliphatic hydroxyl groups excluding tert-OH is 1. The van der Waals surface area contributed by atoms with Gasteiger partial charge in [-0.05, 0) is 37.5 Å². The van der Waals surface area contributed by atoms with Crippen molar-refractivity contribution >= 4 is 5.69 Å². The van der Waals surface area contributed by atoms with Crippen LogP contribution in [0.5, 0.6) is 5.75 Å². The molecule has 0 aliphatic carbocycles. The van der Waals surface area contributed by atoms with Crippen LogP contribution in [0.1, 0.15) is 18.4 Å². The molecule has 4 heteroatoms. The minimum absolute atomic E-state index is 0.214. The summed E-state index contributed by atoms with van der Waals surface area (Å²) >= 11 is 0. The SMILES string of the molecule is COc1cc(C)ccc1N1CCC(NCCO)CC1. The van der Waals surface area contributed by atoms with E-state index in [1.807, 2.05) is 0 Å². The topological polar surface area (TPSA) is 44.7 Å². The lowest BCUT2D eigenvalue weighted by molar-refractivity contribution is 0.277. The second kappa shape index (κ2) is 6.78. The first-order valence-electron chi connectivity index (χ1n) is 6.98. The highest BCUT2D eigenvalue weighted by molar-refractivity contribution is 5.60. The number of methoxy groups -OCH3 is 1. The molecule has 1 aromatic rings. The number of benzene rings is 1. The fraction of sp³-hybridized carbons (Fsp3) is 0.600. The minimum Gasteiger partial charge on any atom is -0.495 e. The summed E-state index contributed by atoms with van der Waals surface area (Å²) in [5.41, 5.74) is 2.41. The average Bonchev–Trinajstić information content (AvgIpc) is 2.45. The Hall–Kier alpha value is -1.26. The van der Waals surface area contributed by atoms with Crippen LogP contribution < -0.4 is 15.0 Å². The van der Waals surface area contributed by atoms with Gasteiger partial charge >= 0.3 is 0 Å². The number of hydrogen-bond acceptors (Lipinski definition) is 4. The third kappa shape index (κ3) is 3.61. The molecule has 0 amide bonds. The molecular formula is C15H24N2O2. The molecule has 0 bridgehead atoms. The minimum atomic E-state index is 0.214. The van der Waals surface area contributed by atoms with E-state index in [2.05, 4.69) is 35.3 Å². The van der Waals surface area contributed by atoms with Crippen molar-refractivity contribution in [2.45, 2.75) is 25.8 Å². The van der Waals surface area contributed by atoms with Gasteiger partial charge in [0.25, 0.3) is 0 Å². The zero-order chi connectivity index (χ0) is 13.7. The highest BCUT2D eigenvalue weighted by atomic mass is 16.5. The van der Waals surface area contributed by atoms with Crippen LogP contribution in [-0.2, 0) is 0 Å². The largest absolute Gasteiger partial charge is 0.495 e. The Balaban J connectivity index is 1.97. The van der Waals surface area contributed by atoms with E-state index in [-0.39, 0.29) is 6.61 Å². The maximum Gasteiger partial charge on any atom is 0.142 e. The molecule has 1 aliphatic heterocycles. The quantitative estimate of drug-likeness (QED) is 0.847. The summed E-state index contributed by atoms with van der Waals surface area (Å²) in [5.74, 6) is 0.960. The number of anilines is 1. The van der Waals surface area contributed by atoms with Crippen molar-refractivity contribution in [1.82, 2.24) is 5.32 Å². The van der Waals surface area contributed by atoms with E-state index in [0.29, 0.717) is 12.6 Å². The summed E-state index contributed by atoms with van der Waals surface area (Å²) in [7, 11) is 1.73. The van der Waals surface area contributed by atoms with Crippen molar-refractivity contribution in [2.24, 2.45) is 0 Å². The van der Waals surface area contributed by atoms with Gasteiger partial charge in [-0.3, -0.25) is 0 Å². The van der Waals surface area contributed by atoms with Crippen molar-refractivity contribution in [3.8, 4) is 5.75 Å². The molecule has 0 spiro atoms. The summed E-state index contributed by atoms with van der Waals surface area (Å²) in [5, 5.41) is 12.2. The summed E-state index contributed by atoms with van der Waals surface area (Å²) in [6.07, 6.45) is 2.22. The van der Waals surface area contributed by atoms with Gasteiger partial charge in [0.2, 0.25) is 0 Å². The molecule has 0 radical (unpaired) electrons. The Labute approximate surface area is 115 Å². The molecule has 1 heterocycles. The van der Waals surface area contributed by atoms with E-state index in [0.717, 1.165) is 31.7 Å². The van der Waals surface area contributed by atoms with Gasteiger partial charge in [0, 0.05) is 25.7 Å². The van der Waals surface area contributed by atoms with Gasteiger partial charge in [-0.1, -0.05) is 6.07 Å². The van der Waals surface area contributed by atoms with Gasteiger partial charge < -0.3 is 20.1 Å². The first-order valence-corrected chi connectivity index (χ1v) is 6.98. The van der Waals surface area contributed by atoms with E-state index in [4.69, 9.17) is 9.84 Å². The van der Waals surface area contributed by atoms with E-state index >= 15 is 0 Å². The van der Waals surface area contributed by atoms with Crippen LogP contribution in [0.25, 0.3) is 0 Å². The molecule has 19 heavy (non-hydrogen) atoms. The molecule has 1 aromatic carbocycles. The molecular weight excluding hydrogens is 240 g/mol. The van der Waals surface area contributed by atoms with Crippen molar-refractivity contribution in [2.75, 3.05) is 38.3 Å². The summed E-state index contributed by atoms with van der Waals surface area (Å²) < 4.78 is 5.48. The average molecular weight is 264 g/mol. The van der Waals surface area contributed by atoms with Crippen molar-refractivity contribution in [3.63, 3.8) is 0 Å². The van der Waals surface area contributed by atoms with Gasteiger partial charge in [-0.2, -0.15) is 0 Å². The van der Waals surface area contributed by atoms with Crippen LogP contribution in [0.4, 0.5) is 5.69 Å². The maximum absolute atomic E-state index is 8.83. The number of nitrogens with zero attached hydrogens (tertiary/aromatic N) is 1. The van der Waals surface area contributed by atoms with Gasteiger partial charge in [0.05, 0.1) is 19.4 Å². The number of ether oxygens (including phenoxy) is 1. The fourth-order valence-corrected chi connectivity index (χ4v) is 2.64. The molecule has 2 N–H and O–H groups in total. The highest BCUT2D eigenvalue weighted by Crippen LogP contribution is 2.31. The van der Waals surface area contributed by atoms with Gasteiger partial charge in [0.15, 0.2) is 0 Å². The monoisotopic (exact) mass is 264 g/mol. The lowest BCUT2D eigenvalue weighted by Crippen LogP contribution is -2.43. The Morgan fingerprint density at radius 3 is 2.74 bits per heavy atom. The van der Waals surface area contributed by atoms with Gasteiger partial charge in [-0.25, -0.2) is 0 Å². The lowest BCUT2D eigenvalue weighted by atomic mass is 10.0. The smallest absolute Gasteiger partial charge is 0.142 e. The van der Waals surface area contributed by atoms with E-state index < -0.39 is 0 Å². The number of piperidine rings is 1. The number of rotatable bonds is 5. The predicted octanol–water partition coefficient (Wildman–Crippen LogP) is 1.55. The second-order valence-corrected chi connectivity index (χ2v) is 5.11. The van der Waals surface area contributed by atoms with Gasteiger partial charge in [0.1, 0.15) is 5.75 Å². The Morgan fingerprint density at radius 1 is 1.37 bits per heavy atom. The zero-order valence-corrected chi connectivity index (χ0v) is 11.9. The number of nitrogens with one attached hydrogen (secondary N) is 1. The Bertz CT molecular complexity index is 401. The first kappa shape index (κ1) is 14.2. The van der Waals surface area contributed by atoms with Crippen LogP contribution in [0.3, 0.4) is 0 Å². The molecule has 0 atom stereocenters. The molecule has 1 aliphatic rings. The summed E-state index contributed by atoms with van der Waals surface area (Å²) in [4.78, 5) is 2.38. The van der Waals surface area contributed by atoms with Crippen LogP contribution in [0, 0.1) is 6.92 Å². The van der Waals surface area contributed by atoms with Crippen molar-refractivity contribution in [3.05, 3.63) is 23.8 Å². The molecule has 0 aromatic heterocycles. The van der Waals surface area contributed by atoms with E-state index in [1.165, 1.54) is 11.3 Å². The Morgan fingerprint density at radius 2 is 2.11 bits per heavy atom. The predicted molar refractivity (Wildman–Crippen MR) is 78.1 cm³/mol. The number of aryl methyl sites for hydroxylation is 1. The maximum atomic E-state index is 8.83.